The van der Waals surface area contributed by atoms with Gasteiger partial charge in [-0.15, -0.1) is 0 Å². The van der Waals surface area contributed by atoms with E-state index in [-0.39, 0.29) is 5.91 Å². The van der Waals surface area contributed by atoms with Crippen LogP contribution in [-0.2, 0) is 6.54 Å². The number of aromatic nitrogens is 2. The molecular formula is C14H18N4O. The van der Waals surface area contributed by atoms with Gasteiger partial charge in [0, 0.05) is 50.7 Å². The first-order valence-electron chi connectivity index (χ1n) is 6.08. The van der Waals surface area contributed by atoms with E-state index in [0.29, 0.717) is 12.1 Å². The first-order chi connectivity index (χ1) is 9.08. The Bertz CT molecular complexity index is 548. The zero-order valence-corrected chi connectivity index (χ0v) is 11.4. The van der Waals surface area contributed by atoms with Gasteiger partial charge in [0.2, 0.25) is 0 Å². The molecule has 19 heavy (non-hydrogen) atoms. The number of benzene rings is 1. The molecule has 0 saturated heterocycles. The second kappa shape index (κ2) is 5.56. The number of amides is 1. The number of hydrogen-bond acceptors (Lipinski definition) is 3. The summed E-state index contributed by atoms with van der Waals surface area (Å²) in [6.07, 6.45) is 3.51. The highest BCUT2D eigenvalue weighted by molar-refractivity contribution is 5.95. The van der Waals surface area contributed by atoms with Crippen molar-refractivity contribution in [3.05, 3.63) is 47.8 Å². The zero-order valence-electron chi connectivity index (χ0n) is 11.4. The van der Waals surface area contributed by atoms with Gasteiger partial charge in [0.1, 0.15) is 0 Å². The molecule has 2 aromatic rings. The highest BCUT2D eigenvalue weighted by Crippen LogP contribution is 2.15. The first kappa shape index (κ1) is 13.1. The van der Waals surface area contributed by atoms with E-state index in [9.17, 15) is 4.79 Å². The smallest absolute Gasteiger partial charge is 0.253 e. The molecule has 1 aromatic heterocycles. The molecule has 0 aliphatic heterocycles. The van der Waals surface area contributed by atoms with Gasteiger partial charge in [0.25, 0.3) is 5.91 Å². The van der Waals surface area contributed by atoms with Crippen LogP contribution in [0.3, 0.4) is 0 Å². The molecule has 1 heterocycles. The third kappa shape index (κ3) is 3.13. The van der Waals surface area contributed by atoms with Crippen LogP contribution >= 0.6 is 0 Å². The number of rotatable bonds is 4. The lowest BCUT2D eigenvalue weighted by atomic mass is 10.1. The second-order valence-corrected chi connectivity index (χ2v) is 4.71. The van der Waals surface area contributed by atoms with E-state index in [1.54, 1.807) is 24.3 Å². The zero-order chi connectivity index (χ0) is 13.8. The number of H-pyrrole nitrogens is 1. The number of aromatic amines is 1. The predicted molar refractivity (Wildman–Crippen MR) is 75.2 cm³/mol. The molecule has 0 unspecified atom stereocenters. The minimum atomic E-state index is 0.00454. The van der Waals surface area contributed by atoms with E-state index in [1.165, 1.54) is 0 Å². The van der Waals surface area contributed by atoms with Gasteiger partial charge >= 0.3 is 0 Å². The van der Waals surface area contributed by atoms with E-state index < -0.39 is 0 Å². The molecule has 0 aliphatic rings. The van der Waals surface area contributed by atoms with Crippen molar-refractivity contribution in [2.24, 2.45) is 0 Å². The van der Waals surface area contributed by atoms with Crippen LogP contribution in [0.2, 0.25) is 0 Å². The van der Waals surface area contributed by atoms with Crippen LogP contribution < -0.4 is 4.90 Å². The van der Waals surface area contributed by atoms with Crippen molar-refractivity contribution >= 4 is 11.6 Å². The fourth-order valence-electron chi connectivity index (χ4n) is 1.85. The number of nitrogens with zero attached hydrogens (tertiary/aromatic N) is 3. The summed E-state index contributed by atoms with van der Waals surface area (Å²) in [6, 6.07) is 7.61. The minimum Gasteiger partial charge on any atom is -0.378 e. The highest BCUT2D eigenvalue weighted by Gasteiger charge is 2.13. The Hall–Kier alpha value is -2.30. The maximum absolute atomic E-state index is 12.3. The summed E-state index contributed by atoms with van der Waals surface area (Å²) in [7, 11) is 5.70. The van der Waals surface area contributed by atoms with E-state index in [4.69, 9.17) is 0 Å². The molecule has 0 fully saturated rings. The topological polar surface area (TPSA) is 52.2 Å². The molecule has 1 aromatic carbocycles. The molecule has 0 radical (unpaired) electrons. The van der Waals surface area contributed by atoms with Gasteiger partial charge in [-0.1, -0.05) is 6.07 Å². The summed E-state index contributed by atoms with van der Waals surface area (Å²) < 4.78 is 0. The second-order valence-electron chi connectivity index (χ2n) is 4.71. The molecule has 5 nitrogen and oxygen atoms in total. The maximum Gasteiger partial charge on any atom is 0.253 e. The fourth-order valence-corrected chi connectivity index (χ4v) is 1.85. The Kier molecular flexibility index (Phi) is 3.85. The summed E-state index contributed by atoms with van der Waals surface area (Å²) in [6.45, 7) is 0.543. The summed E-state index contributed by atoms with van der Waals surface area (Å²) in [5.74, 6) is 0.00454. The van der Waals surface area contributed by atoms with Crippen LogP contribution in [-0.4, -0.2) is 42.1 Å². The Morgan fingerprint density at radius 1 is 1.32 bits per heavy atom. The van der Waals surface area contributed by atoms with E-state index in [1.807, 2.05) is 43.3 Å². The van der Waals surface area contributed by atoms with Gasteiger partial charge in [-0.3, -0.25) is 9.89 Å². The summed E-state index contributed by atoms with van der Waals surface area (Å²) in [5.41, 5.74) is 2.69. The molecule has 0 spiro atoms. The third-order valence-corrected chi connectivity index (χ3v) is 2.93. The minimum absolute atomic E-state index is 0.00454. The molecule has 0 saturated carbocycles. The molecule has 2 rings (SSSR count). The Balaban J connectivity index is 2.12. The standard InChI is InChI=1S/C14H18N4O/c1-17(2)13-6-4-5-12(7-13)14(19)18(3)10-11-8-15-16-9-11/h4-9H,10H2,1-3H3,(H,15,16). The SMILES string of the molecule is CN(Cc1cn[nH]c1)C(=O)c1cccc(N(C)C)c1. The number of carbonyl (C=O) groups excluding carboxylic acids is 1. The first-order valence-corrected chi connectivity index (χ1v) is 6.08. The Labute approximate surface area is 112 Å². The van der Waals surface area contributed by atoms with E-state index in [0.717, 1.165) is 11.3 Å². The molecule has 0 bridgehead atoms. The van der Waals surface area contributed by atoms with Gasteiger partial charge < -0.3 is 9.80 Å². The average molecular weight is 258 g/mol. The average Bonchev–Trinajstić information content (AvgIpc) is 2.90. The Morgan fingerprint density at radius 3 is 2.74 bits per heavy atom. The van der Waals surface area contributed by atoms with Gasteiger partial charge in [-0.2, -0.15) is 5.10 Å². The van der Waals surface area contributed by atoms with Crippen molar-refractivity contribution < 1.29 is 4.79 Å². The summed E-state index contributed by atoms with van der Waals surface area (Å²) >= 11 is 0. The van der Waals surface area contributed by atoms with Crippen LogP contribution in [0.5, 0.6) is 0 Å². The number of carbonyl (C=O) groups is 1. The molecule has 5 heteroatoms. The number of hydrogen-bond donors (Lipinski definition) is 1. The van der Waals surface area contributed by atoms with Crippen molar-refractivity contribution in [1.82, 2.24) is 15.1 Å². The molecular weight excluding hydrogens is 240 g/mol. The lowest BCUT2D eigenvalue weighted by Crippen LogP contribution is -2.26. The quantitative estimate of drug-likeness (QED) is 0.909. The normalized spacial score (nSPS) is 10.3. The largest absolute Gasteiger partial charge is 0.378 e. The van der Waals surface area contributed by atoms with Crippen molar-refractivity contribution in [1.29, 1.82) is 0 Å². The molecule has 1 N–H and O–H groups in total. The summed E-state index contributed by atoms with van der Waals surface area (Å²) in [5, 5.41) is 6.62. The lowest BCUT2D eigenvalue weighted by Gasteiger charge is -2.18. The van der Waals surface area contributed by atoms with Gasteiger partial charge in [0.05, 0.1) is 6.20 Å². The fraction of sp³-hybridized carbons (Fsp3) is 0.286. The molecule has 0 aliphatic carbocycles. The monoisotopic (exact) mass is 258 g/mol. The lowest BCUT2D eigenvalue weighted by molar-refractivity contribution is 0.0785. The van der Waals surface area contributed by atoms with Crippen LogP contribution in [0.15, 0.2) is 36.7 Å². The predicted octanol–water partition coefficient (Wildman–Crippen LogP) is 1.75. The molecule has 1 amide bonds. The van der Waals surface area contributed by atoms with Crippen LogP contribution in [0.25, 0.3) is 0 Å². The van der Waals surface area contributed by atoms with Crippen LogP contribution in [0.1, 0.15) is 15.9 Å². The maximum atomic E-state index is 12.3. The van der Waals surface area contributed by atoms with Crippen molar-refractivity contribution in [2.45, 2.75) is 6.54 Å². The van der Waals surface area contributed by atoms with E-state index in [2.05, 4.69) is 10.2 Å². The van der Waals surface area contributed by atoms with E-state index >= 15 is 0 Å². The third-order valence-electron chi connectivity index (χ3n) is 2.93. The Morgan fingerprint density at radius 2 is 2.11 bits per heavy atom. The van der Waals surface area contributed by atoms with Gasteiger partial charge in [-0.25, -0.2) is 0 Å². The highest BCUT2D eigenvalue weighted by atomic mass is 16.2. The van der Waals surface area contributed by atoms with Gasteiger partial charge in [0.15, 0.2) is 0 Å². The van der Waals surface area contributed by atoms with Gasteiger partial charge in [-0.05, 0) is 18.2 Å². The van der Waals surface area contributed by atoms with Crippen molar-refractivity contribution in [2.75, 3.05) is 26.0 Å². The number of anilines is 1. The molecule has 0 atom stereocenters. The van der Waals surface area contributed by atoms with Crippen LogP contribution in [0.4, 0.5) is 5.69 Å². The van der Waals surface area contributed by atoms with Crippen molar-refractivity contribution in [3.8, 4) is 0 Å². The van der Waals surface area contributed by atoms with Crippen LogP contribution in [0, 0.1) is 0 Å². The molecule has 100 valence electrons. The number of nitrogens with one attached hydrogen (secondary N) is 1. The summed E-state index contributed by atoms with van der Waals surface area (Å²) in [4.78, 5) is 16.0. The van der Waals surface area contributed by atoms with Crippen molar-refractivity contribution in [3.63, 3.8) is 0 Å².